The lowest BCUT2D eigenvalue weighted by Gasteiger charge is -2.48. The van der Waals surface area contributed by atoms with Crippen LogP contribution in [0.15, 0.2) is 35.1 Å². The van der Waals surface area contributed by atoms with Crippen LogP contribution in [0.3, 0.4) is 0 Å². The monoisotopic (exact) mass is 318 g/mol. The summed E-state index contributed by atoms with van der Waals surface area (Å²) in [7, 11) is 1.49. The van der Waals surface area contributed by atoms with Crippen LogP contribution in [0.25, 0.3) is 0 Å². The molecule has 126 valence electrons. The summed E-state index contributed by atoms with van der Waals surface area (Å²) in [5.41, 5.74) is 3.03. The molecule has 2 aliphatic carbocycles. The molecule has 0 aromatic carbocycles. The van der Waals surface area contributed by atoms with E-state index in [4.69, 9.17) is 9.47 Å². The summed E-state index contributed by atoms with van der Waals surface area (Å²) in [5, 5.41) is 0. The Labute approximate surface area is 138 Å². The molecule has 23 heavy (non-hydrogen) atoms. The molecule has 0 heterocycles. The predicted octanol–water partition coefficient (Wildman–Crippen LogP) is 3.73. The molecule has 3 atom stereocenters. The molecule has 2 aliphatic rings. The fraction of sp³-hybridized carbons (Fsp3) is 0.579. The maximum Gasteiger partial charge on any atom is 0.334 e. The van der Waals surface area contributed by atoms with Crippen LogP contribution in [-0.2, 0) is 19.1 Å². The van der Waals surface area contributed by atoms with E-state index in [1.54, 1.807) is 0 Å². The summed E-state index contributed by atoms with van der Waals surface area (Å²) < 4.78 is 10.4. The lowest BCUT2D eigenvalue weighted by Crippen LogP contribution is -2.44. The van der Waals surface area contributed by atoms with E-state index < -0.39 is 0 Å². The van der Waals surface area contributed by atoms with Crippen LogP contribution in [-0.4, -0.2) is 25.0 Å². The molecule has 4 heteroatoms. The van der Waals surface area contributed by atoms with E-state index in [1.165, 1.54) is 25.0 Å². The number of ketones is 1. The number of ether oxygens (including phenoxy) is 2. The Kier molecular flexibility index (Phi) is 5.12. The molecule has 1 fully saturated rings. The Morgan fingerprint density at radius 1 is 1.39 bits per heavy atom. The minimum absolute atomic E-state index is 0.130. The van der Waals surface area contributed by atoms with Crippen LogP contribution in [0.1, 0.15) is 47.0 Å². The molecule has 0 N–H and O–H groups in total. The fourth-order valence-electron chi connectivity index (χ4n) is 3.64. The van der Waals surface area contributed by atoms with Gasteiger partial charge in [0.25, 0.3) is 0 Å². The molecule has 0 spiro atoms. The second kappa shape index (κ2) is 6.73. The molecule has 3 unspecified atom stereocenters. The van der Waals surface area contributed by atoms with E-state index in [2.05, 4.69) is 13.8 Å². The zero-order valence-corrected chi connectivity index (χ0v) is 14.6. The summed E-state index contributed by atoms with van der Waals surface area (Å²) >= 11 is 0. The number of carbonyl (C=O) groups excluding carboxylic acids is 2. The molecular weight excluding hydrogens is 292 g/mol. The van der Waals surface area contributed by atoms with Crippen molar-refractivity contribution >= 4 is 11.8 Å². The van der Waals surface area contributed by atoms with Crippen molar-refractivity contribution < 1.29 is 19.1 Å². The first-order valence-electron chi connectivity index (χ1n) is 8.11. The van der Waals surface area contributed by atoms with Gasteiger partial charge in [0.1, 0.15) is 6.10 Å². The van der Waals surface area contributed by atoms with Gasteiger partial charge in [0.2, 0.25) is 0 Å². The highest BCUT2D eigenvalue weighted by Gasteiger charge is 2.47. The van der Waals surface area contributed by atoms with Gasteiger partial charge in [-0.25, -0.2) is 4.79 Å². The van der Waals surface area contributed by atoms with Crippen molar-refractivity contribution in [2.45, 2.75) is 53.1 Å². The highest BCUT2D eigenvalue weighted by atomic mass is 16.5. The quantitative estimate of drug-likeness (QED) is 0.452. The number of esters is 1. The Bertz CT molecular complexity index is 592. The van der Waals surface area contributed by atoms with Crippen molar-refractivity contribution in [2.75, 3.05) is 7.11 Å². The molecule has 2 rings (SSSR count). The number of rotatable bonds is 3. The van der Waals surface area contributed by atoms with Crippen LogP contribution >= 0.6 is 0 Å². The average molecular weight is 318 g/mol. The third-order valence-electron chi connectivity index (χ3n) is 5.35. The molecule has 0 aromatic rings. The number of allylic oxidation sites excluding steroid dienone is 4. The van der Waals surface area contributed by atoms with Gasteiger partial charge >= 0.3 is 5.97 Å². The number of carbonyl (C=O) groups is 2. The Morgan fingerprint density at radius 2 is 2.09 bits per heavy atom. The minimum Gasteiger partial charge on any atom is -0.504 e. The van der Waals surface area contributed by atoms with E-state index in [-0.39, 0.29) is 29.2 Å². The van der Waals surface area contributed by atoms with Crippen LogP contribution in [0, 0.1) is 11.3 Å². The van der Waals surface area contributed by atoms with Gasteiger partial charge in [-0.1, -0.05) is 25.0 Å². The summed E-state index contributed by atoms with van der Waals surface area (Å²) in [6, 6.07) is 0. The summed E-state index contributed by atoms with van der Waals surface area (Å²) in [6.07, 6.45) is 6.57. The average Bonchev–Trinajstić information content (AvgIpc) is 2.49. The molecule has 1 saturated carbocycles. The molecule has 0 amide bonds. The van der Waals surface area contributed by atoms with Crippen molar-refractivity contribution in [1.29, 1.82) is 0 Å². The molecule has 0 aromatic heterocycles. The third kappa shape index (κ3) is 3.41. The lowest BCUT2D eigenvalue weighted by atomic mass is 9.58. The number of hydrogen-bond donors (Lipinski definition) is 0. The van der Waals surface area contributed by atoms with Gasteiger partial charge in [-0.2, -0.15) is 0 Å². The van der Waals surface area contributed by atoms with Crippen LogP contribution in [0.2, 0.25) is 0 Å². The van der Waals surface area contributed by atoms with Gasteiger partial charge in [0, 0.05) is 5.92 Å². The van der Waals surface area contributed by atoms with E-state index in [1.807, 2.05) is 19.9 Å². The lowest BCUT2D eigenvalue weighted by molar-refractivity contribution is -0.149. The third-order valence-corrected chi connectivity index (χ3v) is 5.35. The number of methoxy groups -OCH3 is 1. The van der Waals surface area contributed by atoms with Gasteiger partial charge in [-0.15, -0.1) is 0 Å². The van der Waals surface area contributed by atoms with Crippen molar-refractivity contribution in [3.63, 3.8) is 0 Å². The molecule has 0 aliphatic heterocycles. The van der Waals surface area contributed by atoms with Crippen molar-refractivity contribution in [1.82, 2.24) is 0 Å². The Hall–Kier alpha value is -1.84. The van der Waals surface area contributed by atoms with Crippen LogP contribution in [0.4, 0.5) is 0 Å². The van der Waals surface area contributed by atoms with E-state index in [0.717, 1.165) is 30.4 Å². The van der Waals surface area contributed by atoms with Gasteiger partial charge in [-0.05, 0) is 50.2 Å². The van der Waals surface area contributed by atoms with Gasteiger partial charge in [0.05, 0.1) is 19.4 Å². The Morgan fingerprint density at radius 3 is 2.70 bits per heavy atom. The van der Waals surface area contributed by atoms with E-state index in [9.17, 15) is 9.59 Å². The fourth-order valence-corrected chi connectivity index (χ4v) is 3.64. The van der Waals surface area contributed by atoms with E-state index >= 15 is 0 Å². The summed E-state index contributed by atoms with van der Waals surface area (Å²) in [4.78, 5) is 24.1. The van der Waals surface area contributed by atoms with Crippen LogP contribution in [0.5, 0.6) is 0 Å². The maximum absolute atomic E-state index is 12.3. The van der Waals surface area contributed by atoms with Crippen molar-refractivity contribution in [2.24, 2.45) is 11.3 Å². The zero-order chi connectivity index (χ0) is 17.2. The van der Waals surface area contributed by atoms with Gasteiger partial charge in [0.15, 0.2) is 5.78 Å². The second-order valence-corrected chi connectivity index (χ2v) is 6.95. The van der Waals surface area contributed by atoms with E-state index in [0.29, 0.717) is 0 Å². The predicted molar refractivity (Wildman–Crippen MR) is 88.6 cm³/mol. The van der Waals surface area contributed by atoms with Gasteiger partial charge < -0.3 is 9.47 Å². The largest absolute Gasteiger partial charge is 0.504 e. The van der Waals surface area contributed by atoms with Crippen molar-refractivity contribution in [3.05, 3.63) is 35.1 Å². The number of fused-ring (bicyclic) bond motifs is 1. The van der Waals surface area contributed by atoms with Crippen molar-refractivity contribution in [3.8, 4) is 0 Å². The summed E-state index contributed by atoms with van der Waals surface area (Å²) in [6.45, 7) is 8.26. The normalized spacial score (nSPS) is 30.7. The first-order valence-corrected chi connectivity index (χ1v) is 8.11. The van der Waals surface area contributed by atoms with Gasteiger partial charge in [-0.3, -0.25) is 4.79 Å². The zero-order valence-electron chi connectivity index (χ0n) is 14.6. The summed E-state index contributed by atoms with van der Waals surface area (Å²) in [5.74, 6) is -0.0814. The second-order valence-electron chi connectivity index (χ2n) is 6.95. The topological polar surface area (TPSA) is 52.6 Å². The maximum atomic E-state index is 12.3. The molecule has 0 saturated heterocycles. The molecular formula is C19H26O4. The molecule has 0 radical (unpaired) electrons. The SMILES string of the molecule is COC=CC(=O)OC1CCC2=CC(=O)C(=C(C)C)CC2(C)C1C. The van der Waals surface area contributed by atoms with Crippen LogP contribution < -0.4 is 0 Å². The first-order chi connectivity index (χ1) is 10.8. The molecule has 4 nitrogen and oxygen atoms in total. The number of hydrogen-bond acceptors (Lipinski definition) is 4. The first kappa shape index (κ1) is 17.5. The smallest absolute Gasteiger partial charge is 0.334 e. The Balaban J connectivity index is 2.23. The molecule has 0 bridgehead atoms. The minimum atomic E-state index is -0.381. The highest BCUT2D eigenvalue weighted by Crippen LogP contribution is 2.52. The highest BCUT2D eigenvalue weighted by molar-refractivity contribution is 6.06. The standard InChI is InChI=1S/C19H26O4/c1-12(2)15-11-19(4)13(3)17(23-18(21)8-9-22-5)7-6-14(19)10-16(15)20/h8-10,13,17H,6-7,11H2,1-5H3.